The number of aromatic nitrogens is 6. The molecule has 69 heavy (non-hydrogen) atoms. The molecule has 4 aromatic heterocycles. The zero-order valence-electron chi connectivity index (χ0n) is 37.0. The average molecular weight is 877 g/mol. The number of hydrogen-bond donors (Lipinski definition) is 0. The second-order valence-electron chi connectivity index (χ2n) is 18.6. The van der Waals surface area contributed by atoms with E-state index >= 15 is 0 Å². The fraction of sp³-hybridized carbons (Fsp3) is 0.0317. The molecule has 0 atom stereocenters. The van der Waals surface area contributed by atoms with Crippen LogP contribution in [0.15, 0.2) is 219 Å². The van der Waals surface area contributed by atoms with Gasteiger partial charge in [-0.05, 0) is 113 Å². The lowest BCUT2D eigenvalue weighted by Crippen LogP contribution is -2.27. The third-order valence-electron chi connectivity index (χ3n) is 15.6. The van der Waals surface area contributed by atoms with Crippen LogP contribution in [0.5, 0.6) is 0 Å². The molecule has 0 radical (unpaired) electrons. The predicted octanol–water partition coefficient (Wildman–Crippen LogP) is 13.8. The molecule has 0 N–H and O–H groups in total. The summed E-state index contributed by atoms with van der Waals surface area (Å²) in [6.45, 7) is 0. The highest BCUT2D eigenvalue weighted by molar-refractivity contribution is 6.06. The lowest BCUT2D eigenvalue weighted by atomic mass is 9.69. The van der Waals surface area contributed by atoms with E-state index < -0.39 is 10.8 Å². The molecule has 16 rings (SSSR count). The fourth-order valence-electron chi connectivity index (χ4n) is 13.2. The Labute approximate surface area is 397 Å². The topological polar surface area (TPSA) is 69.4 Å². The van der Waals surface area contributed by atoms with Crippen LogP contribution in [0.2, 0.25) is 0 Å². The van der Waals surface area contributed by atoms with Gasteiger partial charge in [-0.3, -0.25) is 0 Å². The van der Waals surface area contributed by atoms with Crippen LogP contribution in [-0.4, -0.2) is 29.5 Å². The van der Waals surface area contributed by atoms with Crippen molar-refractivity contribution in [3.8, 4) is 73.2 Å². The minimum Gasteiger partial charge on any atom is -0.245 e. The normalized spacial score (nSPS) is 14.3. The van der Waals surface area contributed by atoms with Crippen LogP contribution in [0.3, 0.4) is 0 Å². The Morgan fingerprint density at radius 2 is 0.580 bits per heavy atom. The lowest BCUT2D eigenvalue weighted by molar-refractivity contribution is 0.790. The maximum atomic E-state index is 5.78. The van der Waals surface area contributed by atoms with Crippen LogP contribution >= 0.6 is 0 Å². The lowest BCUT2D eigenvalue weighted by Gasteiger charge is -2.32. The molecule has 318 valence electrons. The number of pyridine rings is 2. The van der Waals surface area contributed by atoms with Crippen molar-refractivity contribution in [2.24, 2.45) is 0 Å². The Bertz CT molecular complexity index is 3850. The molecule has 6 nitrogen and oxygen atoms in total. The summed E-state index contributed by atoms with van der Waals surface area (Å²) in [6.07, 6.45) is 3.67. The molecule has 0 fully saturated rings. The molecule has 4 aliphatic carbocycles. The third-order valence-corrected chi connectivity index (χ3v) is 15.6. The molecule has 0 saturated carbocycles. The smallest absolute Gasteiger partial charge is 0.241 e. The van der Waals surface area contributed by atoms with Gasteiger partial charge in [0.15, 0.2) is 11.6 Å². The largest absolute Gasteiger partial charge is 0.245 e. The van der Waals surface area contributed by atoms with Gasteiger partial charge >= 0.3 is 0 Å². The number of benzene rings is 8. The van der Waals surface area contributed by atoms with Gasteiger partial charge in [-0.2, -0.15) is 9.97 Å². The first-order valence-electron chi connectivity index (χ1n) is 23.6. The molecule has 0 bridgehead atoms. The first kappa shape index (κ1) is 37.0. The van der Waals surface area contributed by atoms with E-state index in [9.17, 15) is 0 Å². The maximum Gasteiger partial charge on any atom is 0.241 e. The standard InChI is InChI=1S/C63H36N6/c1-7-29-49-37(17-1)38-18-2-8-30-50(38)62(49)53-33-11-5-21-41(53)43-23-13-25-47(55(43)62)57-66-58(68-61(67-57)69-59-45(27-15-35-64-59)46-28-16-36-65-60(46)69)48-26-14-24-44-42-22-6-12-34-54(42)63(56(44)48)51-31-9-3-19-39(51)40-20-4-10-32-52(40)63/h1-36H. The molecule has 0 aliphatic heterocycles. The van der Waals surface area contributed by atoms with Gasteiger partial charge in [-0.25, -0.2) is 19.5 Å². The highest BCUT2D eigenvalue weighted by Crippen LogP contribution is 2.66. The minimum atomic E-state index is -0.629. The molecular weight excluding hydrogens is 841 g/mol. The number of rotatable bonds is 3. The Morgan fingerprint density at radius 1 is 0.275 bits per heavy atom. The monoisotopic (exact) mass is 876 g/mol. The van der Waals surface area contributed by atoms with Gasteiger partial charge in [0.25, 0.3) is 0 Å². The molecule has 0 amide bonds. The molecular formula is C63H36N6. The zero-order chi connectivity index (χ0) is 45.0. The van der Waals surface area contributed by atoms with Crippen LogP contribution in [0.4, 0.5) is 0 Å². The van der Waals surface area contributed by atoms with E-state index in [0.29, 0.717) is 17.6 Å². The number of hydrogen-bond acceptors (Lipinski definition) is 5. The summed E-state index contributed by atoms with van der Waals surface area (Å²) in [7, 11) is 0. The van der Waals surface area contributed by atoms with Crippen molar-refractivity contribution in [2.45, 2.75) is 10.8 Å². The van der Waals surface area contributed by atoms with E-state index in [4.69, 9.17) is 24.9 Å². The number of nitrogens with zero attached hydrogens (tertiary/aromatic N) is 6. The van der Waals surface area contributed by atoms with Crippen molar-refractivity contribution in [1.29, 1.82) is 0 Å². The Hall–Kier alpha value is -9.13. The first-order valence-corrected chi connectivity index (χ1v) is 23.6. The van der Waals surface area contributed by atoms with Gasteiger partial charge in [-0.1, -0.05) is 182 Å². The summed E-state index contributed by atoms with van der Waals surface area (Å²) in [5.74, 6) is 1.62. The van der Waals surface area contributed by atoms with Crippen LogP contribution in [0.25, 0.3) is 95.3 Å². The summed E-state index contributed by atoms with van der Waals surface area (Å²) in [6, 6.07) is 75.1. The second-order valence-corrected chi connectivity index (χ2v) is 18.6. The molecule has 8 aromatic carbocycles. The van der Waals surface area contributed by atoms with Crippen LogP contribution in [0.1, 0.15) is 44.5 Å². The van der Waals surface area contributed by atoms with Crippen LogP contribution < -0.4 is 0 Å². The minimum absolute atomic E-state index is 0.455. The van der Waals surface area contributed by atoms with E-state index in [-0.39, 0.29) is 0 Å². The highest BCUT2D eigenvalue weighted by Gasteiger charge is 2.54. The van der Waals surface area contributed by atoms with Gasteiger partial charge in [-0.15, -0.1) is 0 Å². The van der Waals surface area contributed by atoms with E-state index in [0.717, 1.165) is 33.2 Å². The van der Waals surface area contributed by atoms with E-state index in [2.05, 4.69) is 194 Å². The molecule has 2 spiro atoms. The average Bonchev–Trinajstić information content (AvgIpc) is 4.19. The summed E-state index contributed by atoms with van der Waals surface area (Å²) in [4.78, 5) is 27.1. The number of fused-ring (bicyclic) bond motifs is 23. The van der Waals surface area contributed by atoms with Crippen molar-refractivity contribution in [1.82, 2.24) is 29.5 Å². The molecule has 0 saturated heterocycles. The SMILES string of the molecule is c1ccc2c(c1)-c1ccccc1C21c2ccccc2-c2cccc(-c3nc(-c4cccc5c4C4(c6ccccc6-c6ccccc64)c4ccccc4-5)nc(-n4c5ncccc5c5cccnc54)n3)c21. The summed E-state index contributed by atoms with van der Waals surface area (Å²) >= 11 is 0. The maximum absolute atomic E-state index is 5.78. The Balaban J connectivity index is 1.05. The molecule has 6 heteroatoms. The van der Waals surface area contributed by atoms with Crippen LogP contribution in [-0.2, 0) is 10.8 Å². The van der Waals surface area contributed by atoms with Gasteiger partial charge in [0, 0.05) is 34.3 Å². The predicted molar refractivity (Wildman–Crippen MR) is 273 cm³/mol. The van der Waals surface area contributed by atoms with E-state index in [1.54, 1.807) is 0 Å². The quantitative estimate of drug-likeness (QED) is 0.177. The van der Waals surface area contributed by atoms with Gasteiger partial charge < -0.3 is 0 Å². The molecule has 12 aromatic rings. The summed E-state index contributed by atoms with van der Waals surface area (Å²) in [5.41, 5.74) is 21.7. The second kappa shape index (κ2) is 13.3. The van der Waals surface area contributed by atoms with Crippen molar-refractivity contribution in [3.05, 3.63) is 263 Å². The van der Waals surface area contributed by atoms with Gasteiger partial charge in [0.2, 0.25) is 5.95 Å². The molecule has 4 aliphatic rings. The third kappa shape index (κ3) is 4.45. The highest BCUT2D eigenvalue weighted by atomic mass is 15.2. The Morgan fingerprint density at radius 3 is 0.942 bits per heavy atom. The van der Waals surface area contributed by atoms with Crippen molar-refractivity contribution in [2.75, 3.05) is 0 Å². The van der Waals surface area contributed by atoms with Crippen LogP contribution in [0, 0.1) is 0 Å². The van der Waals surface area contributed by atoms with Crippen molar-refractivity contribution < 1.29 is 0 Å². The van der Waals surface area contributed by atoms with Crippen molar-refractivity contribution >= 4 is 22.1 Å². The fourth-order valence-corrected chi connectivity index (χ4v) is 13.2. The molecule has 0 unspecified atom stereocenters. The Kier molecular flexibility index (Phi) is 7.12. The van der Waals surface area contributed by atoms with Crippen molar-refractivity contribution in [3.63, 3.8) is 0 Å². The molecule has 4 heterocycles. The van der Waals surface area contributed by atoms with E-state index in [1.807, 2.05) is 29.1 Å². The van der Waals surface area contributed by atoms with E-state index in [1.165, 1.54) is 89.0 Å². The van der Waals surface area contributed by atoms with Gasteiger partial charge in [0.05, 0.1) is 10.8 Å². The zero-order valence-corrected chi connectivity index (χ0v) is 37.0. The summed E-state index contributed by atoms with van der Waals surface area (Å²) < 4.78 is 2.03. The summed E-state index contributed by atoms with van der Waals surface area (Å²) in [5, 5.41) is 1.96. The van der Waals surface area contributed by atoms with Gasteiger partial charge in [0.1, 0.15) is 11.3 Å². The first-order chi connectivity index (χ1) is 34.3.